The molecule has 0 aliphatic carbocycles. The molecule has 0 unspecified atom stereocenters. The number of ketones is 1. The molecule has 152 valence electrons. The molecule has 0 atom stereocenters. The van der Waals surface area contributed by atoms with Crippen LogP contribution in [0, 0.1) is 22.7 Å². The second kappa shape index (κ2) is 8.99. The topological polar surface area (TPSA) is 117 Å². The summed E-state index contributed by atoms with van der Waals surface area (Å²) in [6, 6.07) is 12.2. The summed E-state index contributed by atoms with van der Waals surface area (Å²) in [5, 5.41) is 28.3. The van der Waals surface area contributed by atoms with Crippen molar-refractivity contribution < 1.29 is 29.0 Å². The average Bonchev–Trinajstić information content (AvgIpc) is 3.06. The zero-order chi connectivity index (χ0) is 21.7. The van der Waals surface area contributed by atoms with Crippen LogP contribution in [-0.2, 0) is 6.54 Å². The summed E-state index contributed by atoms with van der Waals surface area (Å²) in [5.41, 5.74) is 1.38. The first-order chi connectivity index (χ1) is 14.5. The Morgan fingerprint density at radius 1 is 1.10 bits per heavy atom. The number of phenolic OH excluding ortho intramolecular Hbond substituents is 1. The maximum atomic E-state index is 12.8. The van der Waals surface area contributed by atoms with E-state index in [2.05, 4.69) is 0 Å². The molecule has 2 aromatic rings. The van der Waals surface area contributed by atoms with Gasteiger partial charge in [0.1, 0.15) is 24.4 Å². The van der Waals surface area contributed by atoms with Gasteiger partial charge in [0, 0.05) is 0 Å². The predicted octanol–water partition coefficient (Wildman–Crippen LogP) is 1.46. The normalized spacial score (nSPS) is 13.5. The number of nitriles is 2. The van der Waals surface area contributed by atoms with Crippen LogP contribution in [-0.4, -0.2) is 38.2 Å². The standard InChI is InChI=1S/C22H19N3O5/c1-28-18-6-3-14(11-19(18)29-2)12-20-21(27)15-4-5-17(26)16(22(15)30-20)13-25(9-7-23)10-8-24/h3-6,11-12,26H,9-10,13H2,1-2H3/p+1/b20-12+. The van der Waals surface area contributed by atoms with Gasteiger partial charge < -0.3 is 24.2 Å². The van der Waals surface area contributed by atoms with Crippen molar-refractivity contribution in [1.82, 2.24) is 0 Å². The molecule has 30 heavy (non-hydrogen) atoms. The van der Waals surface area contributed by atoms with E-state index in [1.807, 2.05) is 12.1 Å². The Morgan fingerprint density at radius 3 is 2.43 bits per heavy atom. The number of carbonyl (C=O) groups excluding carboxylic acids is 1. The minimum atomic E-state index is -0.317. The average molecular weight is 406 g/mol. The molecule has 8 nitrogen and oxygen atoms in total. The highest BCUT2D eigenvalue weighted by atomic mass is 16.5. The van der Waals surface area contributed by atoms with Crippen molar-refractivity contribution in [2.75, 3.05) is 27.3 Å². The number of fused-ring (bicyclic) bond motifs is 1. The van der Waals surface area contributed by atoms with Crippen LogP contribution in [0.15, 0.2) is 36.1 Å². The number of phenols is 1. The lowest BCUT2D eigenvalue weighted by Crippen LogP contribution is -3.10. The van der Waals surface area contributed by atoms with Gasteiger partial charge in [-0.05, 0) is 35.9 Å². The van der Waals surface area contributed by atoms with Crippen molar-refractivity contribution in [1.29, 1.82) is 10.5 Å². The lowest BCUT2D eigenvalue weighted by molar-refractivity contribution is -0.899. The highest BCUT2D eigenvalue weighted by Crippen LogP contribution is 2.39. The first kappa shape index (κ1) is 20.7. The molecule has 1 aliphatic heterocycles. The molecule has 1 heterocycles. The Hall–Kier alpha value is -4.01. The molecule has 2 aromatic carbocycles. The number of hydrogen-bond donors (Lipinski definition) is 2. The minimum absolute atomic E-state index is 0.0534. The molecule has 2 N–H and O–H groups in total. The number of nitrogens with zero attached hydrogens (tertiary/aromatic N) is 2. The maximum Gasteiger partial charge on any atom is 0.231 e. The highest BCUT2D eigenvalue weighted by Gasteiger charge is 2.32. The van der Waals surface area contributed by atoms with E-state index in [1.165, 1.54) is 26.4 Å². The number of ether oxygens (including phenoxy) is 3. The number of Topliss-reactive ketones (excluding diaryl/α,β-unsaturated/α-hetero) is 1. The van der Waals surface area contributed by atoms with Crippen LogP contribution in [0.4, 0.5) is 0 Å². The summed E-state index contributed by atoms with van der Waals surface area (Å²) >= 11 is 0. The van der Waals surface area contributed by atoms with Gasteiger partial charge in [0.05, 0.1) is 25.3 Å². The number of rotatable bonds is 7. The summed E-state index contributed by atoms with van der Waals surface area (Å²) in [6.45, 7) is 0.338. The molecule has 0 radical (unpaired) electrons. The summed E-state index contributed by atoms with van der Waals surface area (Å²) in [5.74, 6) is 1.06. The first-order valence-corrected chi connectivity index (χ1v) is 9.11. The van der Waals surface area contributed by atoms with Crippen LogP contribution in [0.3, 0.4) is 0 Å². The van der Waals surface area contributed by atoms with Gasteiger partial charge in [-0.15, -0.1) is 0 Å². The molecule has 3 rings (SSSR count). The zero-order valence-electron chi connectivity index (χ0n) is 16.6. The molecule has 0 bridgehead atoms. The third-order valence-corrected chi connectivity index (χ3v) is 4.71. The van der Waals surface area contributed by atoms with Crippen LogP contribution >= 0.6 is 0 Å². The van der Waals surface area contributed by atoms with Gasteiger partial charge >= 0.3 is 0 Å². The second-order valence-corrected chi connectivity index (χ2v) is 6.59. The number of methoxy groups -OCH3 is 2. The van der Waals surface area contributed by atoms with Crippen LogP contribution < -0.4 is 19.1 Å². The Balaban J connectivity index is 1.96. The summed E-state index contributed by atoms with van der Waals surface area (Å²) < 4.78 is 16.3. The van der Waals surface area contributed by atoms with Gasteiger partial charge in [-0.3, -0.25) is 4.79 Å². The van der Waals surface area contributed by atoms with Crippen molar-refractivity contribution in [2.24, 2.45) is 0 Å². The number of allylic oxidation sites excluding steroid dienone is 1. The Bertz CT molecular complexity index is 1080. The van der Waals surface area contributed by atoms with Crippen molar-refractivity contribution in [2.45, 2.75) is 6.54 Å². The van der Waals surface area contributed by atoms with Crippen molar-refractivity contribution in [3.63, 3.8) is 0 Å². The lowest BCUT2D eigenvalue weighted by atomic mass is 10.0. The Labute approximate surface area is 173 Å². The third kappa shape index (κ3) is 4.04. The van der Waals surface area contributed by atoms with Crippen molar-refractivity contribution >= 4 is 11.9 Å². The molecular formula is C22H20N3O5+. The number of aromatic hydroxyl groups is 1. The van der Waals surface area contributed by atoms with Crippen LogP contribution in [0.1, 0.15) is 21.5 Å². The predicted molar refractivity (Wildman–Crippen MR) is 106 cm³/mol. The van der Waals surface area contributed by atoms with Crippen molar-refractivity contribution in [3.8, 4) is 35.1 Å². The molecular weight excluding hydrogens is 386 g/mol. The van der Waals surface area contributed by atoms with Gasteiger partial charge in [-0.2, -0.15) is 10.5 Å². The number of hydrogen-bond acceptors (Lipinski definition) is 7. The molecule has 0 spiro atoms. The second-order valence-electron chi connectivity index (χ2n) is 6.59. The van der Waals surface area contributed by atoms with E-state index >= 15 is 0 Å². The molecule has 0 saturated heterocycles. The van der Waals surface area contributed by atoms with Crippen LogP contribution in [0.5, 0.6) is 23.0 Å². The quantitative estimate of drug-likeness (QED) is 0.528. The van der Waals surface area contributed by atoms with E-state index in [0.29, 0.717) is 33.1 Å². The molecule has 1 aliphatic rings. The fraction of sp³-hybridized carbons (Fsp3) is 0.227. The zero-order valence-corrected chi connectivity index (χ0v) is 16.6. The number of benzene rings is 2. The van der Waals surface area contributed by atoms with E-state index in [9.17, 15) is 9.90 Å². The van der Waals surface area contributed by atoms with Crippen molar-refractivity contribution in [3.05, 3.63) is 52.8 Å². The van der Waals surface area contributed by atoms with E-state index < -0.39 is 0 Å². The summed E-state index contributed by atoms with van der Waals surface area (Å²) in [7, 11) is 3.06. The van der Waals surface area contributed by atoms with Gasteiger partial charge in [0.15, 0.2) is 36.1 Å². The first-order valence-electron chi connectivity index (χ1n) is 9.11. The SMILES string of the molecule is COc1ccc(/C=C2/Oc3c(ccc(O)c3C[NH+](CC#N)CC#N)C2=O)cc1OC. The fourth-order valence-corrected chi connectivity index (χ4v) is 3.22. The van der Waals surface area contributed by atoms with E-state index in [4.69, 9.17) is 24.7 Å². The Morgan fingerprint density at radius 2 is 1.80 bits per heavy atom. The summed E-state index contributed by atoms with van der Waals surface area (Å²) in [4.78, 5) is 13.5. The van der Waals surface area contributed by atoms with Gasteiger partial charge in [0.2, 0.25) is 5.78 Å². The molecule has 0 amide bonds. The number of nitrogens with one attached hydrogen (secondary N) is 1. The maximum absolute atomic E-state index is 12.8. The monoisotopic (exact) mass is 406 g/mol. The van der Waals surface area contributed by atoms with E-state index in [0.717, 1.165) is 0 Å². The fourth-order valence-electron chi connectivity index (χ4n) is 3.22. The summed E-state index contributed by atoms with van der Waals surface area (Å²) in [6.07, 6.45) is 1.58. The molecule has 0 saturated carbocycles. The third-order valence-electron chi connectivity index (χ3n) is 4.71. The number of carbonyl (C=O) groups is 1. The smallest absolute Gasteiger partial charge is 0.231 e. The van der Waals surface area contributed by atoms with E-state index in [-0.39, 0.29) is 42.7 Å². The lowest BCUT2D eigenvalue weighted by Gasteiger charge is -2.15. The molecule has 8 heteroatoms. The van der Waals surface area contributed by atoms with E-state index in [1.54, 1.807) is 24.3 Å². The van der Waals surface area contributed by atoms with Gasteiger partial charge in [-0.1, -0.05) is 6.07 Å². The molecule has 0 fully saturated rings. The highest BCUT2D eigenvalue weighted by molar-refractivity contribution is 6.15. The minimum Gasteiger partial charge on any atom is -0.507 e. The number of quaternary nitrogens is 1. The van der Waals surface area contributed by atoms with Crippen LogP contribution in [0.25, 0.3) is 6.08 Å². The largest absolute Gasteiger partial charge is 0.507 e. The Kier molecular flexibility index (Phi) is 6.21. The van der Waals surface area contributed by atoms with Crippen LogP contribution in [0.2, 0.25) is 0 Å². The van der Waals surface area contributed by atoms with Gasteiger partial charge in [0.25, 0.3) is 0 Å². The van der Waals surface area contributed by atoms with Gasteiger partial charge in [-0.25, -0.2) is 0 Å². The molecule has 0 aromatic heterocycles.